The molecule has 0 radical (unpaired) electrons. The van der Waals surface area contributed by atoms with Crippen molar-refractivity contribution >= 4 is 18.2 Å². The number of ether oxygens (including phenoxy) is 4. The van der Waals surface area contributed by atoms with E-state index in [1.807, 2.05) is 0 Å². The highest BCUT2D eigenvalue weighted by molar-refractivity contribution is 5.76. The van der Waals surface area contributed by atoms with Crippen LogP contribution in [0.25, 0.3) is 0 Å². The van der Waals surface area contributed by atoms with Crippen molar-refractivity contribution in [3.8, 4) is 17.2 Å². The molecule has 0 aliphatic heterocycles. The summed E-state index contributed by atoms with van der Waals surface area (Å²) in [6, 6.07) is 8.27. The van der Waals surface area contributed by atoms with Crippen molar-refractivity contribution in [3.63, 3.8) is 0 Å². The highest BCUT2D eigenvalue weighted by Gasteiger charge is 2.29. The van der Waals surface area contributed by atoms with Crippen LogP contribution in [0.15, 0.2) is 30.3 Å². The molecule has 0 saturated carbocycles. The molecule has 2 rings (SSSR count). The van der Waals surface area contributed by atoms with Crippen LogP contribution in [0.4, 0.5) is 0 Å². The Morgan fingerprint density at radius 1 is 0.964 bits per heavy atom. The first-order chi connectivity index (χ1) is 13.3. The number of methoxy groups -OCH3 is 2. The Morgan fingerprint density at radius 2 is 1.61 bits per heavy atom. The van der Waals surface area contributed by atoms with Crippen LogP contribution in [0.1, 0.15) is 47.0 Å². The molecule has 0 aliphatic carbocycles. The molecule has 0 spiro atoms. The maximum Gasteiger partial charge on any atom is 0.308 e. The Labute approximate surface area is 163 Å². The SMILES string of the molecule is COc1cc(C)c(C(OC(C)=O)c2ccc(C=O)cc2)c(OC(C)=O)c1OC. The topological polar surface area (TPSA) is 88.1 Å². The van der Waals surface area contributed by atoms with Gasteiger partial charge in [0.05, 0.1) is 14.2 Å². The van der Waals surface area contributed by atoms with Gasteiger partial charge in [-0.05, 0) is 24.1 Å². The first kappa shape index (κ1) is 21.0. The number of esters is 2. The van der Waals surface area contributed by atoms with Gasteiger partial charge < -0.3 is 18.9 Å². The van der Waals surface area contributed by atoms with Crippen molar-refractivity contribution in [1.29, 1.82) is 0 Å². The molecule has 0 fully saturated rings. The zero-order chi connectivity index (χ0) is 20.8. The summed E-state index contributed by atoms with van der Waals surface area (Å²) in [4.78, 5) is 34.5. The van der Waals surface area contributed by atoms with Gasteiger partial charge in [0, 0.05) is 25.0 Å². The van der Waals surface area contributed by atoms with Crippen molar-refractivity contribution in [1.82, 2.24) is 0 Å². The minimum atomic E-state index is -0.882. The number of hydrogen-bond acceptors (Lipinski definition) is 7. The summed E-state index contributed by atoms with van der Waals surface area (Å²) in [6.45, 7) is 4.33. The average molecular weight is 386 g/mol. The lowest BCUT2D eigenvalue weighted by Gasteiger charge is -2.24. The van der Waals surface area contributed by atoms with E-state index in [2.05, 4.69) is 0 Å². The van der Waals surface area contributed by atoms with Crippen molar-refractivity contribution in [2.24, 2.45) is 0 Å². The Hall–Kier alpha value is -3.35. The van der Waals surface area contributed by atoms with Crippen molar-refractivity contribution in [2.75, 3.05) is 14.2 Å². The van der Waals surface area contributed by atoms with Gasteiger partial charge in [-0.15, -0.1) is 0 Å². The van der Waals surface area contributed by atoms with Gasteiger partial charge in [-0.25, -0.2) is 0 Å². The molecule has 0 N–H and O–H groups in total. The zero-order valence-electron chi connectivity index (χ0n) is 16.4. The van der Waals surface area contributed by atoms with Crippen LogP contribution in [0, 0.1) is 6.92 Å². The molecule has 1 atom stereocenters. The van der Waals surface area contributed by atoms with Crippen LogP contribution in [0.5, 0.6) is 17.2 Å². The smallest absolute Gasteiger partial charge is 0.308 e. The van der Waals surface area contributed by atoms with E-state index < -0.39 is 18.0 Å². The first-order valence-electron chi connectivity index (χ1n) is 8.48. The molecule has 7 nitrogen and oxygen atoms in total. The molecule has 1 unspecified atom stereocenters. The van der Waals surface area contributed by atoms with Crippen LogP contribution in [-0.2, 0) is 14.3 Å². The molecule has 0 aromatic heterocycles. The quantitative estimate of drug-likeness (QED) is 0.409. The largest absolute Gasteiger partial charge is 0.493 e. The number of hydrogen-bond donors (Lipinski definition) is 0. The van der Waals surface area contributed by atoms with Crippen molar-refractivity contribution < 1.29 is 33.3 Å². The summed E-state index contributed by atoms with van der Waals surface area (Å²) < 4.78 is 21.7. The average Bonchev–Trinajstić information content (AvgIpc) is 2.66. The Bertz CT molecular complexity index is 885. The third-order valence-corrected chi connectivity index (χ3v) is 4.04. The maximum atomic E-state index is 11.8. The Balaban J connectivity index is 2.77. The van der Waals surface area contributed by atoms with Gasteiger partial charge in [-0.2, -0.15) is 0 Å². The molecular formula is C21H22O7. The highest BCUT2D eigenvalue weighted by atomic mass is 16.6. The number of aldehydes is 1. The molecule has 7 heteroatoms. The fourth-order valence-electron chi connectivity index (χ4n) is 2.88. The number of carbonyl (C=O) groups is 3. The molecule has 2 aromatic rings. The lowest BCUT2D eigenvalue weighted by Crippen LogP contribution is -2.15. The van der Waals surface area contributed by atoms with Crippen LogP contribution in [0.3, 0.4) is 0 Å². The summed E-state index contributed by atoms with van der Waals surface area (Å²) in [5, 5.41) is 0. The number of aryl methyl sites for hydroxylation is 1. The van der Waals surface area contributed by atoms with E-state index in [9.17, 15) is 14.4 Å². The lowest BCUT2D eigenvalue weighted by atomic mass is 9.94. The fraction of sp³-hybridized carbons (Fsp3) is 0.286. The van der Waals surface area contributed by atoms with Gasteiger partial charge in [-0.3, -0.25) is 14.4 Å². The van der Waals surface area contributed by atoms with Gasteiger partial charge in [0.2, 0.25) is 5.75 Å². The van der Waals surface area contributed by atoms with Crippen molar-refractivity contribution in [3.05, 3.63) is 52.6 Å². The molecule has 0 bridgehead atoms. The Kier molecular flexibility index (Phi) is 6.76. The van der Waals surface area contributed by atoms with E-state index >= 15 is 0 Å². The summed E-state index contributed by atoms with van der Waals surface area (Å²) in [6.07, 6.45) is -0.163. The molecule has 0 heterocycles. The van der Waals surface area contributed by atoms with Gasteiger partial charge in [0.15, 0.2) is 17.6 Å². The number of rotatable bonds is 7. The van der Waals surface area contributed by atoms with E-state index in [4.69, 9.17) is 18.9 Å². The fourth-order valence-corrected chi connectivity index (χ4v) is 2.88. The molecule has 0 aliphatic rings. The van der Waals surface area contributed by atoms with E-state index in [0.29, 0.717) is 28.0 Å². The van der Waals surface area contributed by atoms with E-state index in [1.54, 1.807) is 37.3 Å². The van der Waals surface area contributed by atoms with Crippen molar-refractivity contribution in [2.45, 2.75) is 26.9 Å². The van der Waals surface area contributed by atoms with Gasteiger partial charge in [-0.1, -0.05) is 24.3 Å². The lowest BCUT2D eigenvalue weighted by molar-refractivity contribution is -0.144. The third kappa shape index (κ3) is 4.49. The predicted octanol–water partition coefficient (Wildman–Crippen LogP) is 3.40. The molecule has 0 saturated heterocycles. The third-order valence-electron chi connectivity index (χ3n) is 4.04. The molecular weight excluding hydrogens is 364 g/mol. The molecule has 0 amide bonds. The summed E-state index contributed by atoms with van der Waals surface area (Å²) >= 11 is 0. The van der Waals surface area contributed by atoms with Crippen LogP contribution < -0.4 is 14.2 Å². The van der Waals surface area contributed by atoms with Crippen LogP contribution >= 0.6 is 0 Å². The summed E-state index contributed by atoms with van der Waals surface area (Å²) in [5.41, 5.74) is 2.20. The number of carbonyl (C=O) groups excluding carboxylic acids is 3. The van der Waals surface area contributed by atoms with Crippen LogP contribution in [0.2, 0.25) is 0 Å². The summed E-state index contributed by atoms with van der Waals surface area (Å²) in [7, 11) is 2.89. The van der Waals surface area contributed by atoms with E-state index in [-0.39, 0.29) is 11.5 Å². The number of benzene rings is 2. The summed E-state index contributed by atoms with van der Waals surface area (Å²) in [5.74, 6) is -0.395. The van der Waals surface area contributed by atoms with Gasteiger partial charge >= 0.3 is 11.9 Å². The second-order valence-electron chi connectivity index (χ2n) is 6.04. The highest BCUT2D eigenvalue weighted by Crippen LogP contribution is 2.47. The first-order valence-corrected chi connectivity index (χ1v) is 8.48. The molecule has 2 aromatic carbocycles. The second kappa shape index (κ2) is 9.03. The standard InChI is InChI=1S/C21H22O7/c1-12-10-17(25-4)20(26-5)21(28-14(3)24)18(12)19(27-13(2)23)16-8-6-15(11-22)7-9-16/h6-11,19H,1-5H3. The van der Waals surface area contributed by atoms with E-state index in [0.717, 1.165) is 6.29 Å². The van der Waals surface area contributed by atoms with Gasteiger partial charge in [0.25, 0.3) is 0 Å². The van der Waals surface area contributed by atoms with Gasteiger partial charge in [0.1, 0.15) is 6.29 Å². The minimum Gasteiger partial charge on any atom is -0.493 e. The second-order valence-corrected chi connectivity index (χ2v) is 6.04. The zero-order valence-corrected chi connectivity index (χ0v) is 16.4. The maximum absolute atomic E-state index is 11.8. The van der Waals surface area contributed by atoms with E-state index in [1.165, 1.54) is 28.1 Å². The van der Waals surface area contributed by atoms with Crippen LogP contribution in [-0.4, -0.2) is 32.4 Å². The Morgan fingerprint density at radius 3 is 2.07 bits per heavy atom. The minimum absolute atomic E-state index is 0.109. The monoisotopic (exact) mass is 386 g/mol. The molecule has 28 heavy (non-hydrogen) atoms. The molecule has 148 valence electrons. The predicted molar refractivity (Wildman–Crippen MR) is 101 cm³/mol. The normalized spacial score (nSPS) is 11.3.